The number of anilines is 1. The molecule has 0 radical (unpaired) electrons. The summed E-state index contributed by atoms with van der Waals surface area (Å²) in [5, 5.41) is 0. The summed E-state index contributed by atoms with van der Waals surface area (Å²) >= 11 is 0. The van der Waals surface area contributed by atoms with Crippen LogP contribution in [-0.2, 0) is 6.54 Å². The number of nitrogen functional groups attached to an aromatic ring is 1. The maximum atomic E-state index is 13.9. The normalized spacial score (nSPS) is 11.2. The first-order chi connectivity index (χ1) is 9.63. The second-order valence-electron chi connectivity index (χ2n) is 4.82. The van der Waals surface area contributed by atoms with E-state index in [0.717, 1.165) is 16.6 Å². The van der Waals surface area contributed by atoms with Crippen molar-refractivity contribution in [2.45, 2.75) is 20.4 Å². The maximum absolute atomic E-state index is 13.9. The molecular weight excluding hydrogens is 253 g/mol. The van der Waals surface area contributed by atoms with E-state index < -0.39 is 0 Å². The number of halogens is 1. The van der Waals surface area contributed by atoms with Crippen LogP contribution in [0.3, 0.4) is 0 Å². The highest BCUT2D eigenvalue weighted by atomic mass is 19.1. The molecule has 2 N–H and O–H groups in total. The van der Waals surface area contributed by atoms with E-state index >= 15 is 0 Å². The van der Waals surface area contributed by atoms with Crippen LogP contribution in [0.1, 0.15) is 12.5 Å². The van der Waals surface area contributed by atoms with Crippen LogP contribution in [0.15, 0.2) is 36.4 Å². The fourth-order valence-electron chi connectivity index (χ4n) is 2.51. The Morgan fingerprint density at radius 3 is 2.70 bits per heavy atom. The van der Waals surface area contributed by atoms with Gasteiger partial charge < -0.3 is 10.3 Å². The van der Waals surface area contributed by atoms with E-state index in [-0.39, 0.29) is 5.82 Å². The van der Waals surface area contributed by atoms with E-state index in [0.29, 0.717) is 23.6 Å². The first kappa shape index (κ1) is 12.7. The fourth-order valence-corrected chi connectivity index (χ4v) is 2.51. The van der Waals surface area contributed by atoms with Crippen LogP contribution in [0.25, 0.3) is 22.4 Å². The number of para-hydroxylation sites is 2. The Bertz CT molecular complexity index is 790. The maximum Gasteiger partial charge on any atom is 0.151 e. The summed E-state index contributed by atoms with van der Waals surface area (Å²) in [4.78, 5) is 4.46. The van der Waals surface area contributed by atoms with Crippen LogP contribution in [0.2, 0.25) is 0 Å². The Morgan fingerprint density at radius 2 is 1.95 bits per heavy atom. The van der Waals surface area contributed by atoms with Gasteiger partial charge in [0.15, 0.2) is 5.82 Å². The van der Waals surface area contributed by atoms with E-state index in [1.165, 1.54) is 6.07 Å². The smallest absolute Gasteiger partial charge is 0.151 e. The van der Waals surface area contributed by atoms with Gasteiger partial charge in [-0.25, -0.2) is 9.37 Å². The Morgan fingerprint density at radius 1 is 1.20 bits per heavy atom. The molecule has 0 saturated heterocycles. The number of hydrogen-bond acceptors (Lipinski definition) is 2. The number of hydrogen-bond donors (Lipinski definition) is 1. The Labute approximate surface area is 116 Å². The zero-order valence-corrected chi connectivity index (χ0v) is 11.5. The topological polar surface area (TPSA) is 43.8 Å². The van der Waals surface area contributed by atoms with Gasteiger partial charge in [0.1, 0.15) is 11.3 Å². The van der Waals surface area contributed by atoms with Crippen molar-refractivity contribution >= 4 is 16.7 Å². The van der Waals surface area contributed by atoms with Crippen LogP contribution in [-0.4, -0.2) is 9.55 Å². The molecule has 4 heteroatoms. The number of aromatic nitrogens is 2. The number of rotatable bonds is 2. The Kier molecular flexibility index (Phi) is 2.93. The summed E-state index contributed by atoms with van der Waals surface area (Å²) in [5.74, 6) is 0.413. The van der Waals surface area contributed by atoms with E-state index in [4.69, 9.17) is 5.73 Å². The molecule has 3 nitrogen and oxygen atoms in total. The SMILES string of the molecule is CCn1c(-c2cccc(C)c2N)nc2c(F)cccc21. The molecule has 0 fully saturated rings. The zero-order chi connectivity index (χ0) is 14.3. The summed E-state index contributed by atoms with van der Waals surface area (Å²) in [7, 11) is 0. The van der Waals surface area contributed by atoms with Gasteiger partial charge in [-0.05, 0) is 37.6 Å². The molecule has 0 aliphatic carbocycles. The molecule has 3 aromatic rings. The summed E-state index contributed by atoms with van der Waals surface area (Å²) in [5.41, 5.74) is 9.88. The molecule has 0 spiro atoms. The summed E-state index contributed by atoms with van der Waals surface area (Å²) in [6.07, 6.45) is 0. The molecular formula is C16H16FN3. The van der Waals surface area contributed by atoms with Crippen molar-refractivity contribution in [2.75, 3.05) is 5.73 Å². The largest absolute Gasteiger partial charge is 0.398 e. The standard InChI is InChI=1S/C16H16FN3/c1-3-20-13-9-5-8-12(17)15(13)19-16(20)11-7-4-6-10(2)14(11)18/h4-9H,3,18H2,1-2H3. The minimum absolute atomic E-state index is 0.304. The van der Waals surface area contributed by atoms with Crippen LogP contribution >= 0.6 is 0 Å². The van der Waals surface area contributed by atoms with Crippen molar-refractivity contribution in [2.24, 2.45) is 0 Å². The Balaban J connectivity index is 2.36. The third-order valence-electron chi connectivity index (χ3n) is 3.61. The molecule has 0 unspecified atom stereocenters. The van der Waals surface area contributed by atoms with Crippen molar-refractivity contribution in [3.05, 3.63) is 47.8 Å². The van der Waals surface area contributed by atoms with Crippen molar-refractivity contribution in [3.63, 3.8) is 0 Å². The number of fused-ring (bicyclic) bond motifs is 1. The molecule has 3 rings (SSSR count). The minimum Gasteiger partial charge on any atom is -0.398 e. The molecule has 0 saturated carbocycles. The monoisotopic (exact) mass is 269 g/mol. The van der Waals surface area contributed by atoms with Gasteiger partial charge in [-0.1, -0.05) is 18.2 Å². The molecule has 0 aliphatic heterocycles. The molecule has 0 aliphatic rings. The highest BCUT2D eigenvalue weighted by molar-refractivity contribution is 5.84. The Hall–Kier alpha value is -2.36. The zero-order valence-electron chi connectivity index (χ0n) is 11.5. The average molecular weight is 269 g/mol. The van der Waals surface area contributed by atoms with Gasteiger partial charge in [0.25, 0.3) is 0 Å². The highest BCUT2D eigenvalue weighted by Gasteiger charge is 2.16. The summed E-state index contributed by atoms with van der Waals surface area (Å²) in [6.45, 7) is 4.68. The minimum atomic E-state index is -0.304. The van der Waals surface area contributed by atoms with Crippen molar-refractivity contribution in [1.29, 1.82) is 0 Å². The van der Waals surface area contributed by atoms with E-state index in [1.54, 1.807) is 6.07 Å². The lowest BCUT2D eigenvalue weighted by Crippen LogP contribution is -2.01. The fraction of sp³-hybridized carbons (Fsp3) is 0.188. The summed E-state index contributed by atoms with van der Waals surface area (Å²) in [6, 6.07) is 10.8. The van der Waals surface area contributed by atoms with E-state index in [1.807, 2.05) is 42.7 Å². The average Bonchev–Trinajstić information content (AvgIpc) is 2.81. The molecule has 1 aromatic heterocycles. The molecule has 2 aromatic carbocycles. The quantitative estimate of drug-likeness (QED) is 0.720. The van der Waals surface area contributed by atoms with Crippen LogP contribution in [0.4, 0.5) is 10.1 Å². The number of nitrogens with zero attached hydrogens (tertiary/aromatic N) is 2. The number of aryl methyl sites for hydroxylation is 2. The second kappa shape index (κ2) is 4.63. The van der Waals surface area contributed by atoms with Crippen LogP contribution < -0.4 is 5.73 Å². The van der Waals surface area contributed by atoms with Crippen molar-refractivity contribution < 1.29 is 4.39 Å². The first-order valence-corrected chi connectivity index (χ1v) is 6.63. The van der Waals surface area contributed by atoms with Gasteiger partial charge in [-0.2, -0.15) is 0 Å². The molecule has 1 heterocycles. The predicted molar refractivity (Wildman–Crippen MR) is 80.0 cm³/mol. The second-order valence-corrected chi connectivity index (χ2v) is 4.82. The molecule has 0 atom stereocenters. The highest BCUT2D eigenvalue weighted by Crippen LogP contribution is 2.31. The predicted octanol–water partition coefficient (Wildman–Crippen LogP) is 3.75. The first-order valence-electron chi connectivity index (χ1n) is 6.63. The van der Waals surface area contributed by atoms with Gasteiger partial charge in [0, 0.05) is 17.8 Å². The molecule has 102 valence electrons. The van der Waals surface area contributed by atoms with Gasteiger partial charge in [-0.3, -0.25) is 0 Å². The lowest BCUT2D eigenvalue weighted by molar-refractivity contribution is 0.637. The van der Waals surface area contributed by atoms with Gasteiger partial charge in [0.2, 0.25) is 0 Å². The van der Waals surface area contributed by atoms with Crippen LogP contribution in [0, 0.1) is 12.7 Å². The number of benzene rings is 2. The summed E-state index contributed by atoms with van der Waals surface area (Å²) < 4.78 is 15.9. The van der Waals surface area contributed by atoms with E-state index in [2.05, 4.69) is 4.98 Å². The molecule has 20 heavy (non-hydrogen) atoms. The van der Waals surface area contributed by atoms with Crippen molar-refractivity contribution in [3.8, 4) is 11.4 Å². The molecule has 0 amide bonds. The van der Waals surface area contributed by atoms with Gasteiger partial charge >= 0.3 is 0 Å². The van der Waals surface area contributed by atoms with Crippen molar-refractivity contribution in [1.82, 2.24) is 9.55 Å². The lowest BCUT2D eigenvalue weighted by Gasteiger charge is -2.10. The van der Waals surface area contributed by atoms with Gasteiger partial charge in [-0.15, -0.1) is 0 Å². The molecule has 0 bridgehead atoms. The lowest BCUT2D eigenvalue weighted by atomic mass is 10.1. The van der Waals surface area contributed by atoms with Crippen LogP contribution in [0.5, 0.6) is 0 Å². The van der Waals surface area contributed by atoms with Gasteiger partial charge in [0.05, 0.1) is 5.52 Å². The van der Waals surface area contributed by atoms with E-state index in [9.17, 15) is 4.39 Å². The third kappa shape index (κ3) is 1.76. The number of imidazole rings is 1. The third-order valence-corrected chi connectivity index (χ3v) is 3.61. The number of nitrogens with two attached hydrogens (primary N) is 1.